The normalized spacial score (nSPS) is 10.3. The van der Waals surface area contributed by atoms with E-state index in [2.05, 4.69) is 4.84 Å². The Hall–Kier alpha value is -0.840. The monoisotopic (exact) mass is 219 g/mol. The van der Waals surface area contributed by atoms with Gasteiger partial charge in [0.15, 0.2) is 0 Å². The maximum Gasteiger partial charge on any atom is 0.140 e. The van der Waals surface area contributed by atoms with Gasteiger partial charge in [0.05, 0.1) is 18.7 Å². The van der Waals surface area contributed by atoms with Crippen LogP contribution in [-0.2, 0) is 11.3 Å². The van der Waals surface area contributed by atoms with E-state index in [1.54, 1.807) is 0 Å². The first-order valence-electron chi connectivity index (χ1n) is 4.02. The molecule has 78 valence electrons. The molecule has 2 N–H and O–H groups in total. The number of methoxy groups -OCH3 is 1. The van der Waals surface area contributed by atoms with Gasteiger partial charge in [0.2, 0.25) is 0 Å². The van der Waals surface area contributed by atoms with E-state index in [-0.39, 0.29) is 6.61 Å². The number of halogens is 2. The van der Waals surface area contributed by atoms with Crippen molar-refractivity contribution < 1.29 is 14.0 Å². The van der Waals surface area contributed by atoms with Crippen LogP contribution in [0.2, 0.25) is 5.02 Å². The van der Waals surface area contributed by atoms with Crippen molar-refractivity contribution >= 4 is 11.6 Å². The van der Waals surface area contributed by atoms with Crippen LogP contribution in [0.5, 0.6) is 5.75 Å². The highest BCUT2D eigenvalue weighted by Crippen LogP contribution is 2.29. The van der Waals surface area contributed by atoms with E-state index >= 15 is 0 Å². The van der Waals surface area contributed by atoms with E-state index in [1.165, 1.54) is 19.2 Å². The third-order valence-electron chi connectivity index (χ3n) is 1.79. The Balaban J connectivity index is 2.96. The van der Waals surface area contributed by atoms with Crippen LogP contribution < -0.4 is 10.6 Å². The lowest BCUT2D eigenvalue weighted by Gasteiger charge is -2.08. The molecule has 0 spiro atoms. The van der Waals surface area contributed by atoms with Crippen molar-refractivity contribution in [1.29, 1.82) is 0 Å². The van der Waals surface area contributed by atoms with Crippen LogP contribution in [0.1, 0.15) is 5.56 Å². The molecule has 0 saturated carbocycles. The Labute approximate surface area is 86.5 Å². The Morgan fingerprint density at radius 2 is 2.21 bits per heavy atom. The topological polar surface area (TPSA) is 44.5 Å². The zero-order chi connectivity index (χ0) is 10.6. The average molecular weight is 220 g/mol. The number of benzene rings is 1. The molecule has 0 fully saturated rings. The zero-order valence-corrected chi connectivity index (χ0v) is 8.47. The predicted molar refractivity (Wildman–Crippen MR) is 51.8 cm³/mol. The highest BCUT2D eigenvalue weighted by atomic mass is 35.5. The van der Waals surface area contributed by atoms with E-state index < -0.39 is 5.82 Å². The third kappa shape index (κ3) is 2.57. The molecule has 0 atom stereocenters. The van der Waals surface area contributed by atoms with Crippen LogP contribution in [0, 0.1) is 5.82 Å². The summed E-state index contributed by atoms with van der Waals surface area (Å²) in [7, 11) is 1.43. The molecule has 0 aliphatic heterocycles. The minimum Gasteiger partial charge on any atom is -0.495 e. The van der Waals surface area contributed by atoms with Crippen LogP contribution >= 0.6 is 11.6 Å². The van der Waals surface area contributed by atoms with Crippen LogP contribution in [0.3, 0.4) is 0 Å². The molecule has 1 rings (SSSR count). The van der Waals surface area contributed by atoms with Gasteiger partial charge in [-0.3, -0.25) is 0 Å². The summed E-state index contributed by atoms with van der Waals surface area (Å²) < 4.78 is 17.9. The van der Waals surface area contributed by atoms with Gasteiger partial charge in [-0.1, -0.05) is 11.6 Å². The fourth-order valence-corrected chi connectivity index (χ4v) is 1.40. The van der Waals surface area contributed by atoms with Crippen molar-refractivity contribution in [1.82, 2.24) is 0 Å². The summed E-state index contributed by atoms with van der Waals surface area (Å²) in [6, 6.07) is 2.57. The zero-order valence-electron chi connectivity index (χ0n) is 7.72. The SMILES string of the molecule is COc1cc(F)cc(CCON)c1Cl. The molecule has 0 amide bonds. The summed E-state index contributed by atoms with van der Waals surface area (Å²) in [6.07, 6.45) is 0.448. The van der Waals surface area contributed by atoms with Crippen LogP contribution in [0.25, 0.3) is 0 Å². The van der Waals surface area contributed by atoms with Crippen LogP contribution in [0.4, 0.5) is 4.39 Å². The quantitative estimate of drug-likeness (QED) is 0.787. The molecule has 0 saturated heterocycles. The summed E-state index contributed by atoms with van der Waals surface area (Å²) in [4.78, 5) is 4.39. The highest BCUT2D eigenvalue weighted by molar-refractivity contribution is 6.32. The first kappa shape index (κ1) is 11.2. The number of hydrogen-bond acceptors (Lipinski definition) is 3. The minimum atomic E-state index is -0.390. The van der Waals surface area contributed by atoms with E-state index in [0.29, 0.717) is 22.8 Å². The lowest BCUT2D eigenvalue weighted by Crippen LogP contribution is -2.04. The van der Waals surface area contributed by atoms with Gasteiger partial charge in [-0.25, -0.2) is 10.3 Å². The molecule has 3 nitrogen and oxygen atoms in total. The summed E-state index contributed by atoms with van der Waals surface area (Å²) in [5.41, 5.74) is 0.619. The Kier molecular flexibility index (Phi) is 4.13. The highest BCUT2D eigenvalue weighted by Gasteiger charge is 2.09. The second-order valence-corrected chi connectivity index (χ2v) is 3.08. The molecule has 1 aromatic carbocycles. The van der Waals surface area contributed by atoms with Gasteiger partial charge in [-0.05, 0) is 18.1 Å². The standard InChI is InChI=1S/C9H11ClFNO2/c1-13-8-5-7(11)4-6(9(8)10)2-3-14-12/h4-5H,2-3,12H2,1H3. The van der Waals surface area contributed by atoms with Gasteiger partial charge in [-0.2, -0.15) is 0 Å². The molecule has 0 radical (unpaired) electrons. The molecule has 14 heavy (non-hydrogen) atoms. The smallest absolute Gasteiger partial charge is 0.140 e. The molecule has 0 unspecified atom stereocenters. The summed E-state index contributed by atoms with van der Waals surface area (Å²) in [5, 5.41) is 0.394. The summed E-state index contributed by atoms with van der Waals surface area (Å²) >= 11 is 5.93. The fraction of sp³-hybridized carbons (Fsp3) is 0.333. The molecule has 0 heterocycles. The van der Waals surface area contributed by atoms with Crippen molar-refractivity contribution in [2.45, 2.75) is 6.42 Å². The number of hydrogen-bond donors (Lipinski definition) is 1. The van der Waals surface area contributed by atoms with Crippen molar-refractivity contribution in [3.8, 4) is 5.75 Å². The molecule has 0 aliphatic carbocycles. The van der Waals surface area contributed by atoms with E-state index in [4.69, 9.17) is 22.2 Å². The number of rotatable bonds is 4. The molecule has 0 aromatic heterocycles. The van der Waals surface area contributed by atoms with Gasteiger partial charge >= 0.3 is 0 Å². The third-order valence-corrected chi connectivity index (χ3v) is 2.22. The summed E-state index contributed by atoms with van der Waals surface area (Å²) in [5.74, 6) is 4.79. The molecular formula is C9H11ClFNO2. The van der Waals surface area contributed by atoms with Crippen LogP contribution in [0.15, 0.2) is 12.1 Å². The fourth-order valence-electron chi connectivity index (χ4n) is 1.12. The van der Waals surface area contributed by atoms with Crippen molar-refractivity contribution in [2.24, 2.45) is 5.90 Å². The van der Waals surface area contributed by atoms with Gasteiger partial charge < -0.3 is 9.57 Å². The van der Waals surface area contributed by atoms with Crippen molar-refractivity contribution in [3.63, 3.8) is 0 Å². The Morgan fingerprint density at radius 3 is 2.79 bits per heavy atom. The van der Waals surface area contributed by atoms with E-state index in [0.717, 1.165) is 0 Å². The minimum absolute atomic E-state index is 0.284. The lowest BCUT2D eigenvalue weighted by molar-refractivity contribution is 0.141. The van der Waals surface area contributed by atoms with Crippen molar-refractivity contribution in [2.75, 3.05) is 13.7 Å². The van der Waals surface area contributed by atoms with E-state index in [1.807, 2.05) is 0 Å². The van der Waals surface area contributed by atoms with Crippen molar-refractivity contribution in [3.05, 3.63) is 28.5 Å². The number of nitrogens with two attached hydrogens (primary N) is 1. The molecular weight excluding hydrogens is 209 g/mol. The first-order valence-corrected chi connectivity index (χ1v) is 4.40. The predicted octanol–water partition coefficient (Wildman–Crippen LogP) is 1.92. The average Bonchev–Trinajstić information content (AvgIpc) is 2.18. The van der Waals surface area contributed by atoms with Gasteiger partial charge in [-0.15, -0.1) is 0 Å². The first-order chi connectivity index (χ1) is 6.69. The largest absolute Gasteiger partial charge is 0.495 e. The molecule has 1 aromatic rings. The maximum atomic E-state index is 13.0. The molecule has 0 bridgehead atoms. The Bertz CT molecular complexity index is 320. The summed E-state index contributed by atoms with van der Waals surface area (Å²) in [6.45, 7) is 0.284. The molecule has 5 heteroatoms. The van der Waals surface area contributed by atoms with Gasteiger partial charge in [0.1, 0.15) is 11.6 Å². The van der Waals surface area contributed by atoms with Gasteiger partial charge in [0, 0.05) is 6.07 Å². The Morgan fingerprint density at radius 1 is 1.50 bits per heavy atom. The van der Waals surface area contributed by atoms with Crippen LogP contribution in [-0.4, -0.2) is 13.7 Å². The second-order valence-electron chi connectivity index (χ2n) is 2.70. The lowest BCUT2D eigenvalue weighted by atomic mass is 10.1. The second kappa shape index (κ2) is 5.14. The van der Waals surface area contributed by atoms with Gasteiger partial charge in [0.25, 0.3) is 0 Å². The van der Waals surface area contributed by atoms with E-state index in [9.17, 15) is 4.39 Å². The number of ether oxygens (including phenoxy) is 1. The maximum absolute atomic E-state index is 13.0. The molecule has 0 aliphatic rings.